The summed E-state index contributed by atoms with van der Waals surface area (Å²) >= 11 is 0. The van der Waals surface area contributed by atoms with E-state index in [1.54, 1.807) is 0 Å². The molecule has 1 N–H and O–H groups in total. The quantitative estimate of drug-likeness (QED) is 0.724. The summed E-state index contributed by atoms with van der Waals surface area (Å²) < 4.78 is 5.67. The van der Waals surface area contributed by atoms with Crippen LogP contribution in [-0.2, 0) is 4.79 Å². The molecule has 0 saturated carbocycles. The number of carbonyl (C=O) groups is 1. The van der Waals surface area contributed by atoms with Crippen molar-refractivity contribution in [2.45, 2.75) is 53.5 Å². The van der Waals surface area contributed by atoms with Crippen LogP contribution in [0.3, 0.4) is 0 Å². The molecule has 1 atom stereocenters. The molecule has 0 aliphatic rings. The largest absolute Gasteiger partial charge is 0.494 e. The summed E-state index contributed by atoms with van der Waals surface area (Å²) in [6.45, 7) is 11.0. The Labute approximate surface area is 151 Å². The summed E-state index contributed by atoms with van der Waals surface area (Å²) in [4.78, 5) is 12.2. The van der Waals surface area contributed by atoms with Gasteiger partial charge in [-0.05, 0) is 75.4 Å². The van der Waals surface area contributed by atoms with Gasteiger partial charge in [0, 0.05) is 6.42 Å². The van der Waals surface area contributed by atoms with Crippen molar-refractivity contribution in [2.24, 2.45) is 0 Å². The van der Waals surface area contributed by atoms with E-state index in [2.05, 4.69) is 38.2 Å². The van der Waals surface area contributed by atoms with E-state index in [9.17, 15) is 4.79 Å². The topological polar surface area (TPSA) is 38.3 Å². The van der Waals surface area contributed by atoms with Gasteiger partial charge < -0.3 is 10.1 Å². The average Bonchev–Trinajstić information content (AvgIpc) is 2.56. The number of aryl methyl sites for hydroxylation is 4. The Morgan fingerprint density at radius 1 is 1.00 bits per heavy atom. The second kappa shape index (κ2) is 8.70. The lowest BCUT2D eigenvalue weighted by Crippen LogP contribution is -2.27. The first-order valence-electron chi connectivity index (χ1n) is 8.93. The van der Waals surface area contributed by atoms with Gasteiger partial charge in [0.15, 0.2) is 0 Å². The lowest BCUT2D eigenvalue weighted by molar-refractivity contribution is -0.121. The fraction of sp³-hybridized carbons (Fsp3) is 0.409. The van der Waals surface area contributed by atoms with Crippen molar-refractivity contribution in [1.82, 2.24) is 5.32 Å². The molecule has 25 heavy (non-hydrogen) atoms. The second-order valence-electron chi connectivity index (χ2n) is 6.85. The normalized spacial score (nSPS) is 11.9. The molecule has 1 amide bonds. The van der Waals surface area contributed by atoms with Gasteiger partial charge in [0.25, 0.3) is 0 Å². The highest BCUT2D eigenvalue weighted by molar-refractivity contribution is 5.76. The van der Waals surface area contributed by atoms with E-state index in [1.165, 1.54) is 27.8 Å². The lowest BCUT2D eigenvalue weighted by Gasteiger charge is -2.18. The Hall–Kier alpha value is -2.29. The highest BCUT2D eigenvalue weighted by atomic mass is 16.5. The number of hydrogen-bond acceptors (Lipinski definition) is 2. The van der Waals surface area contributed by atoms with Gasteiger partial charge in [-0.15, -0.1) is 0 Å². The number of ether oxygens (including phenoxy) is 1. The summed E-state index contributed by atoms with van der Waals surface area (Å²) in [6.07, 6.45) is 1.18. The maximum atomic E-state index is 12.2. The van der Waals surface area contributed by atoms with Crippen molar-refractivity contribution < 1.29 is 9.53 Å². The number of rotatable bonds is 7. The summed E-state index contributed by atoms with van der Waals surface area (Å²) in [6, 6.07) is 12.3. The molecule has 0 aliphatic carbocycles. The Kier molecular flexibility index (Phi) is 6.63. The van der Waals surface area contributed by atoms with Crippen molar-refractivity contribution in [3.8, 4) is 5.75 Å². The van der Waals surface area contributed by atoms with Crippen LogP contribution in [0, 0.1) is 27.7 Å². The molecule has 0 fully saturated rings. The molecule has 134 valence electrons. The Morgan fingerprint density at radius 2 is 1.64 bits per heavy atom. The van der Waals surface area contributed by atoms with Gasteiger partial charge in [-0.25, -0.2) is 0 Å². The van der Waals surface area contributed by atoms with Crippen LogP contribution in [0.15, 0.2) is 36.4 Å². The zero-order valence-electron chi connectivity index (χ0n) is 16.0. The first kappa shape index (κ1) is 19.0. The van der Waals surface area contributed by atoms with E-state index in [-0.39, 0.29) is 11.9 Å². The zero-order valence-corrected chi connectivity index (χ0v) is 16.0. The van der Waals surface area contributed by atoms with Crippen molar-refractivity contribution in [1.29, 1.82) is 0 Å². The van der Waals surface area contributed by atoms with Gasteiger partial charge in [0.1, 0.15) is 5.75 Å². The van der Waals surface area contributed by atoms with Crippen LogP contribution in [0.25, 0.3) is 0 Å². The van der Waals surface area contributed by atoms with Gasteiger partial charge in [0.05, 0.1) is 12.6 Å². The maximum Gasteiger partial charge on any atom is 0.220 e. The van der Waals surface area contributed by atoms with Crippen molar-refractivity contribution in [3.05, 3.63) is 64.2 Å². The summed E-state index contributed by atoms with van der Waals surface area (Å²) in [7, 11) is 0. The number of amides is 1. The molecule has 0 bridgehead atoms. The predicted molar refractivity (Wildman–Crippen MR) is 103 cm³/mol. The number of hydrogen-bond donors (Lipinski definition) is 1. The molecular formula is C22H29NO2. The minimum absolute atomic E-state index is 0.0183. The lowest BCUT2D eigenvalue weighted by atomic mass is 9.96. The zero-order chi connectivity index (χ0) is 18.4. The monoisotopic (exact) mass is 339 g/mol. The second-order valence-corrected chi connectivity index (χ2v) is 6.85. The van der Waals surface area contributed by atoms with E-state index >= 15 is 0 Å². The number of benzene rings is 2. The Bertz CT molecular complexity index is 720. The molecule has 2 rings (SSSR count). The molecule has 0 aliphatic heterocycles. The third kappa shape index (κ3) is 5.63. The van der Waals surface area contributed by atoms with E-state index < -0.39 is 0 Å². The van der Waals surface area contributed by atoms with Crippen LogP contribution in [0.1, 0.15) is 53.6 Å². The van der Waals surface area contributed by atoms with Gasteiger partial charge in [0.2, 0.25) is 5.91 Å². The minimum Gasteiger partial charge on any atom is -0.494 e. The maximum absolute atomic E-state index is 12.2. The predicted octanol–water partition coefficient (Wildman–Crippen LogP) is 4.96. The molecule has 3 heteroatoms. The molecule has 1 unspecified atom stereocenters. The van der Waals surface area contributed by atoms with Crippen molar-refractivity contribution in [3.63, 3.8) is 0 Å². The Morgan fingerprint density at radius 3 is 2.32 bits per heavy atom. The van der Waals surface area contributed by atoms with Crippen molar-refractivity contribution in [2.75, 3.05) is 6.61 Å². The van der Waals surface area contributed by atoms with E-state index in [0.29, 0.717) is 19.4 Å². The molecule has 0 aromatic heterocycles. The van der Waals surface area contributed by atoms with E-state index in [0.717, 1.165) is 5.75 Å². The highest BCUT2D eigenvalue weighted by Gasteiger charge is 2.12. The molecule has 0 heterocycles. The molecule has 2 aromatic rings. The summed E-state index contributed by atoms with van der Waals surface area (Å²) in [5, 5.41) is 3.10. The number of nitrogens with one attached hydrogen (secondary N) is 1. The molecule has 3 nitrogen and oxygen atoms in total. The van der Waals surface area contributed by atoms with Crippen LogP contribution < -0.4 is 10.1 Å². The fourth-order valence-electron chi connectivity index (χ4n) is 2.90. The smallest absolute Gasteiger partial charge is 0.220 e. The first-order chi connectivity index (χ1) is 11.9. The first-order valence-corrected chi connectivity index (χ1v) is 8.93. The Balaban J connectivity index is 1.78. The molecule has 0 saturated heterocycles. The van der Waals surface area contributed by atoms with Crippen LogP contribution >= 0.6 is 0 Å². The van der Waals surface area contributed by atoms with Gasteiger partial charge in [-0.2, -0.15) is 0 Å². The van der Waals surface area contributed by atoms with Crippen LogP contribution in [0.4, 0.5) is 0 Å². The number of carbonyl (C=O) groups excluding carboxylic acids is 1. The molecule has 0 spiro atoms. The molecule has 0 radical (unpaired) electrons. The average molecular weight is 339 g/mol. The van der Waals surface area contributed by atoms with Gasteiger partial charge >= 0.3 is 0 Å². The van der Waals surface area contributed by atoms with Crippen LogP contribution in [-0.4, -0.2) is 12.5 Å². The third-order valence-corrected chi connectivity index (χ3v) is 4.56. The van der Waals surface area contributed by atoms with Crippen LogP contribution in [0.2, 0.25) is 0 Å². The van der Waals surface area contributed by atoms with E-state index in [1.807, 2.05) is 38.1 Å². The van der Waals surface area contributed by atoms with Gasteiger partial charge in [-0.3, -0.25) is 4.79 Å². The minimum atomic E-state index is 0.0183. The van der Waals surface area contributed by atoms with Crippen molar-refractivity contribution >= 4 is 5.91 Å². The SMILES string of the molecule is Cc1ccc(OCCCC(=O)NC(C)c2cc(C)c(C)cc2C)cc1. The molecule has 2 aromatic carbocycles. The summed E-state index contributed by atoms with van der Waals surface area (Å²) in [5.41, 5.74) is 6.16. The highest BCUT2D eigenvalue weighted by Crippen LogP contribution is 2.21. The van der Waals surface area contributed by atoms with Crippen LogP contribution in [0.5, 0.6) is 5.75 Å². The molecular weight excluding hydrogens is 310 g/mol. The van der Waals surface area contributed by atoms with Gasteiger partial charge in [-0.1, -0.05) is 29.8 Å². The summed E-state index contributed by atoms with van der Waals surface area (Å²) in [5.74, 6) is 0.919. The van der Waals surface area contributed by atoms with E-state index in [4.69, 9.17) is 4.74 Å². The standard InChI is InChI=1S/C22H29NO2/c1-15-8-10-20(11-9-15)25-12-6-7-22(24)23-19(5)21-14-17(3)16(2)13-18(21)4/h8-11,13-14,19H,6-7,12H2,1-5H3,(H,23,24). The fourth-order valence-corrected chi connectivity index (χ4v) is 2.90. The third-order valence-electron chi connectivity index (χ3n) is 4.56.